The lowest BCUT2D eigenvalue weighted by Crippen LogP contribution is -2.37. The Morgan fingerprint density at radius 2 is 1.76 bits per heavy atom. The molecule has 0 fully saturated rings. The van der Waals surface area contributed by atoms with E-state index in [9.17, 15) is 9.59 Å². The van der Waals surface area contributed by atoms with E-state index in [4.69, 9.17) is 15.7 Å². The van der Waals surface area contributed by atoms with Crippen LogP contribution in [0.25, 0.3) is 0 Å². The number of pyridine rings is 1. The van der Waals surface area contributed by atoms with E-state index < -0.39 is 11.9 Å². The molecule has 1 heterocycles. The molecule has 0 bridgehead atoms. The molecule has 0 aliphatic rings. The first-order valence-electron chi connectivity index (χ1n) is 10.7. The van der Waals surface area contributed by atoms with Gasteiger partial charge in [0.25, 0.3) is 0 Å². The van der Waals surface area contributed by atoms with Gasteiger partial charge in [-0.3, -0.25) is 19.8 Å². The van der Waals surface area contributed by atoms with Crippen LogP contribution in [-0.2, 0) is 29.0 Å². The highest BCUT2D eigenvalue weighted by atomic mass is 16.5. The molecule has 1 atom stereocenters. The SMILES string of the molecule is N[C@H](Cc1ccc(OCc2ccccc2)cn1)C(=O)Nc1ccc(CCCC(=O)NO)cc1. The zero-order valence-corrected chi connectivity index (χ0v) is 18.2. The summed E-state index contributed by atoms with van der Waals surface area (Å²) in [5, 5.41) is 11.3. The van der Waals surface area contributed by atoms with Crippen LogP contribution in [0, 0.1) is 0 Å². The number of aryl methyl sites for hydroxylation is 1. The fraction of sp³-hybridized carbons (Fsp3) is 0.240. The number of aromatic nitrogens is 1. The highest BCUT2D eigenvalue weighted by Gasteiger charge is 2.15. The van der Waals surface area contributed by atoms with Crippen LogP contribution in [-0.4, -0.2) is 28.0 Å². The second kappa shape index (κ2) is 12.3. The molecule has 0 unspecified atom stereocenters. The summed E-state index contributed by atoms with van der Waals surface area (Å²) in [7, 11) is 0. The van der Waals surface area contributed by atoms with Crippen LogP contribution in [0.1, 0.15) is 29.7 Å². The first kappa shape index (κ1) is 23.9. The summed E-state index contributed by atoms with van der Waals surface area (Å²) in [6, 6.07) is 20.1. The molecule has 0 saturated carbocycles. The van der Waals surface area contributed by atoms with Gasteiger partial charge >= 0.3 is 0 Å². The Labute approximate surface area is 192 Å². The number of nitrogens with zero attached hydrogens (tertiary/aromatic N) is 1. The number of benzene rings is 2. The summed E-state index contributed by atoms with van der Waals surface area (Å²) in [4.78, 5) is 27.8. The maximum atomic E-state index is 12.5. The molecular weight excluding hydrogens is 420 g/mol. The largest absolute Gasteiger partial charge is 0.487 e. The number of nitrogens with two attached hydrogens (primary N) is 1. The molecule has 8 heteroatoms. The Bertz CT molecular complexity index is 1020. The van der Waals surface area contributed by atoms with Gasteiger partial charge in [-0.1, -0.05) is 42.5 Å². The number of hydrogen-bond acceptors (Lipinski definition) is 6. The van der Waals surface area contributed by atoms with Gasteiger partial charge in [0.15, 0.2) is 0 Å². The summed E-state index contributed by atoms with van der Waals surface area (Å²) in [5.74, 6) is -0.0528. The van der Waals surface area contributed by atoms with Crippen molar-refractivity contribution < 1.29 is 19.5 Å². The van der Waals surface area contributed by atoms with Crippen molar-refractivity contribution in [2.45, 2.75) is 38.3 Å². The fourth-order valence-corrected chi connectivity index (χ4v) is 3.17. The standard InChI is InChI=1S/C25H28N4O4/c26-23(15-21-13-14-22(16-27-21)33-17-19-5-2-1-3-6-19)25(31)28-20-11-9-18(10-12-20)7-4-8-24(30)29-32/h1-3,5-6,9-14,16,23,32H,4,7-8,15,17,26H2,(H,28,31)(H,29,30)/t23-/m1/s1. The van der Waals surface area contributed by atoms with Gasteiger partial charge in [-0.25, -0.2) is 5.48 Å². The molecule has 2 amide bonds. The van der Waals surface area contributed by atoms with E-state index in [0.29, 0.717) is 43.0 Å². The number of carbonyl (C=O) groups is 2. The molecule has 3 rings (SSSR count). The quantitative estimate of drug-likeness (QED) is 0.264. The lowest BCUT2D eigenvalue weighted by molar-refractivity contribution is -0.129. The smallest absolute Gasteiger partial charge is 0.243 e. The number of nitrogens with one attached hydrogen (secondary N) is 2. The maximum Gasteiger partial charge on any atom is 0.243 e. The molecule has 8 nitrogen and oxygen atoms in total. The number of carbonyl (C=O) groups excluding carboxylic acids is 2. The van der Waals surface area contributed by atoms with E-state index in [-0.39, 0.29) is 12.3 Å². The van der Waals surface area contributed by atoms with Crippen LogP contribution in [0.15, 0.2) is 72.9 Å². The second-order valence-electron chi connectivity index (χ2n) is 7.64. The van der Waals surface area contributed by atoms with Crippen molar-refractivity contribution >= 4 is 17.5 Å². The predicted octanol–water partition coefficient (Wildman–Crippen LogP) is 3.00. The van der Waals surface area contributed by atoms with E-state index in [1.54, 1.807) is 29.9 Å². The van der Waals surface area contributed by atoms with E-state index in [2.05, 4.69) is 10.3 Å². The van der Waals surface area contributed by atoms with Crippen LogP contribution in [0.4, 0.5) is 5.69 Å². The van der Waals surface area contributed by atoms with Crippen LogP contribution < -0.4 is 21.3 Å². The average Bonchev–Trinajstić information content (AvgIpc) is 2.85. The van der Waals surface area contributed by atoms with Gasteiger partial charge in [0.2, 0.25) is 11.8 Å². The van der Waals surface area contributed by atoms with Crippen molar-refractivity contribution in [3.63, 3.8) is 0 Å². The third kappa shape index (κ3) is 8.03. The molecule has 33 heavy (non-hydrogen) atoms. The first-order valence-corrected chi connectivity index (χ1v) is 10.7. The minimum atomic E-state index is -0.745. The average molecular weight is 449 g/mol. The molecule has 0 aliphatic carbocycles. The molecular formula is C25H28N4O4. The number of ether oxygens (including phenoxy) is 1. The second-order valence-corrected chi connectivity index (χ2v) is 7.64. The molecule has 2 aromatic carbocycles. The van der Waals surface area contributed by atoms with E-state index in [1.165, 1.54) is 0 Å². The van der Waals surface area contributed by atoms with Gasteiger partial charge < -0.3 is 15.8 Å². The minimum Gasteiger partial charge on any atom is -0.487 e. The summed E-state index contributed by atoms with van der Waals surface area (Å²) < 4.78 is 5.73. The van der Waals surface area contributed by atoms with Crippen molar-refractivity contribution in [1.82, 2.24) is 10.5 Å². The zero-order chi connectivity index (χ0) is 23.5. The number of rotatable bonds is 11. The highest BCUT2D eigenvalue weighted by Crippen LogP contribution is 2.14. The lowest BCUT2D eigenvalue weighted by Gasteiger charge is -2.13. The molecule has 1 aromatic heterocycles. The third-order valence-corrected chi connectivity index (χ3v) is 5.03. The number of amides is 2. The molecule has 0 saturated heterocycles. The Hall–Kier alpha value is -3.75. The van der Waals surface area contributed by atoms with Gasteiger partial charge in [0, 0.05) is 24.2 Å². The summed E-state index contributed by atoms with van der Waals surface area (Å²) in [6.07, 6.45) is 3.49. The van der Waals surface area contributed by atoms with Gasteiger partial charge in [-0.2, -0.15) is 0 Å². The Balaban J connectivity index is 1.43. The van der Waals surface area contributed by atoms with Crippen LogP contribution in [0.3, 0.4) is 0 Å². The van der Waals surface area contributed by atoms with Crippen molar-refractivity contribution in [3.8, 4) is 5.75 Å². The number of hydroxylamine groups is 1. The molecule has 3 aromatic rings. The first-order chi connectivity index (χ1) is 16.0. The van der Waals surface area contributed by atoms with Crippen molar-refractivity contribution in [3.05, 3.63) is 89.7 Å². The van der Waals surface area contributed by atoms with Crippen LogP contribution in [0.2, 0.25) is 0 Å². The van der Waals surface area contributed by atoms with Crippen molar-refractivity contribution in [1.29, 1.82) is 0 Å². The lowest BCUT2D eigenvalue weighted by atomic mass is 10.1. The molecule has 5 N–H and O–H groups in total. The van der Waals surface area contributed by atoms with Gasteiger partial charge in [0.1, 0.15) is 12.4 Å². The van der Waals surface area contributed by atoms with Crippen molar-refractivity contribution in [2.75, 3.05) is 5.32 Å². The normalized spacial score (nSPS) is 11.5. The monoisotopic (exact) mass is 448 g/mol. The zero-order valence-electron chi connectivity index (χ0n) is 18.2. The Kier molecular flexibility index (Phi) is 8.93. The highest BCUT2D eigenvalue weighted by molar-refractivity contribution is 5.94. The molecule has 0 aliphatic heterocycles. The summed E-state index contributed by atoms with van der Waals surface area (Å²) in [5.41, 5.74) is 11.1. The van der Waals surface area contributed by atoms with Gasteiger partial charge in [-0.15, -0.1) is 0 Å². The topological polar surface area (TPSA) is 127 Å². The maximum absolute atomic E-state index is 12.5. The van der Waals surface area contributed by atoms with Gasteiger partial charge in [-0.05, 0) is 48.2 Å². The minimum absolute atomic E-state index is 0.248. The summed E-state index contributed by atoms with van der Waals surface area (Å²) >= 11 is 0. The van der Waals surface area contributed by atoms with E-state index >= 15 is 0 Å². The number of anilines is 1. The van der Waals surface area contributed by atoms with Crippen LogP contribution in [0.5, 0.6) is 5.75 Å². The van der Waals surface area contributed by atoms with E-state index in [0.717, 1.165) is 11.1 Å². The third-order valence-electron chi connectivity index (χ3n) is 5.03. The van der Waals surface area contributed by atoms with Crippen molar-refractivity contribution in [2.24, 2.45) is 5.73 Å². The predicted molar refractivity (Wildman–Crippen MR) is 125 cm³/mol. The Morgan fingerprint density at radius 3 is 2.42 bits per heavy atom. The number of hydrogen-bond donors (Lipinski definition) is 4. The van der Waals surface area contributed by atoms with Gasteiger partial charge in [0.05, 0.1) is 12.2 Å². The van der Waals surface area contributed by atoms with Crippen LogP contribution >= 0.6 is 0 Å². The van der Waals surface area contributed by atoms with E-state index in [1.807, 2.05) is 48.5 Å². The molecule has 0 spiro atoms. The summed E-state index contributed by atoms with van der Waals surface area (Å²) in [6.45, 7) is 0.459. The Morgan fingerprint density at radius 1 is 1.00 bits per heavy atom. The molecule has 0 radical (unpaired) electrons. The molecule has 172 valence electrons. The fourth-order valence-electron chi connectivity index (χ4n) is 3.17.